The highest BCUT2D eigenvalue weighted by molar-refractivity contribution is 9.10. The van der Waals surface area contributed by atoms with Gasteiger partial charge in [-0.1, -0.05) is 71.5 Å². The van der Waals surface area contributed by atoms with Crippen LogP contribution in [-0.4, -0.2) is 24.0 Å². The topological polar surface area (TPSA) is 64.0 Å². The van der Waals surface area contributed by atoms with Crippen molar-refractivity contribution in [3.63, 3.8) is 0 Å². The van der Waals surface area contributed by atoms with Gasteiger partial charge in [-0.3, -0.25) is 0 Å². The van der Waals surface area contributed by atoms with E-state index in [1.807, 2.05) is 44.2 Å². The first-order chi connectivity index (χ1) is 14.8. The van der Waals surface area contributed by atoms with Crippen molar-refractivity contribution >= 4 is 49.2 Å². The second kappa shape index (κ2) is 10.5. The fraction of sp³-hybridized carbons (Fsp3) is 0.318. The molecule has 1 N–H and O–H groups in total. The first kappa shape index (κ1) is 24.3. The van der Waals surface area contributed by atoms with Crippen LogP contribution in [0, 0.1) is 0 Å². The number of benzene rings is 2. The SMILES string of the molecule is CCCCS(=O)(=O)NCc1nn(-c2ccc(Cl)cc2Cl)c(-c2ccc(Br)cc2)c1CC. The molecule has 5 nitrogen and oxygen atoms in total. The van der Waals surface area contributed by atoms with E-state index in [4.69, 9.17) is 28.3 Å². The molecule has 166 valence electrons. The molecule has 31 heavy (non-hydrogen) atoms. The summed E-state index contributed by atoms with van der Waals surface area (Å²) in [6.07, 6.45) is 2.12. The number of rotatable bonds is 9. The van der Waals surface area contributed by atoms with Crippen LogP contribution in [0.5, 0.6) is 0 Å². The van der Waals surface area contributed by atoms with Gasteiger partial charge in [0, 0.05) is 20.6 Å². The average Bonchev–Trinajstić information content (AvgIpc) is 3.10. The average molecular weight is 545 g/mol. The van der Waals surface area contributed by atoms with Crippen molar-refractivity contribution in [1.82, 2.24) is 14.5 Å². The van der Waals surface area contributed by atoms with Crippen LogP contribution in [0.1, 0.15) is 37.9 Å². The molecule has 1 aromatic heterocycles. The summed E-state index contributed by atoms with van der Waals surface area (Å²) in [5.74, 6) is 0.105. The molecule has 0 unspecified atom stereocenters. The predicted octanol–water partition coefficient (Wildman–Crippen LogP) is 6.39. The molecule has 1 heterocycles. The Balaban J connectivity index is 2.11. The molecule has 2 aromatic carbocycles. The van der Waals surface area contributed by atoms with Gasteiger partial charge < -0.3 is 0 Å². The van der Waals surface area contributed by atoms with Gasteiger partial charge in [0.15, 0.2) is 0 Å². The van der Waals surface area contributed by atoms with Crippen LogP contribution in [0.4, 0.5) is 0 Å². The molecule has 0 spiro atoms. The number of aromatic nitrogens is 2. The standard InChI is InChI=1S/C22H24BrCl2N3O2S/c1-3-5-12-31(29,30)26-14-20-18(4-2)22(15-6-8-16(23)9-7-15)28(27-20)21-11-10-17(24)13-19(21)25/h6-11,13,26H,3-5,12,14H2,1-2H3. The maximum absolute atomic E-state index is 12.3. The highest BCUT2D eigenvalue weighted by atomic mass is 79.9. The number of sulfonamides is 1. The normalized spacial score (nSPS) is 11.8. The molecule has 9 heteroatoms. The summed E-state index contributed by atoms with van der Waals surface area (Å²) in [5, 5.41) is 5.77. The van der Waals surface area contributed by atoms with E-state index in [-0.39, 0.29) is 12.3 Å². The van der Waals surface area contributed by atoms with Gasteiger partial charge in [-0.25, -0.2) is 17.8 Å². The molecule has 0 saturated heterocycles. The maximum Gasteiger partial charge on any atom is 0.211 e. The lowest BCUT2D eigenvalue weighted by molar-refractivity contribution is 0.576. The van der Waals surface area contributed by atoms with Crippen LogP contribution in [0.2, 0.25) is 10.0 Å². The van der Waals surface area contributed by atoms with Gasteiger partial charge in [-0.15, -0.1) is 0 Å². The minimum absolute atomic E-state index is 0.105. The Kier molecular flexibility index (Phi) is 8.21. The molecule has 0 aliphatic carbocycles. The molecular weight excluding hydrogens is 521 g/mol. The second-order valence-electron chi connectivity index (χ2n) is 7.14. The lowest BCUT2D eigenvalue weighted by atomic mass is 10.0. The Bertz CT molecular complexity index is 1160. The monoisotopic (exact) mass is 543 g/mol. The fourth-order valence-electron chi connectivity index (χ4n) is 3.33. The van der Waals surface area contributed by atoms with Crippen molar-refractivity contribution in [2.75, 3.05) is 5.75 Å². The molecule has 3 aromatic rings. The van der Waals surface area contributed by atoms with Crippen LogP contribution < -0.4 is 4.72 Å². The number of unbranched alkanes of at least 4 members (excludes halogenated alkanes) is 1. The van der Waals surface area contributed by atoms with Crippen molar-refractivity contribution in [3.8, 4) is 16.9 Å². The first-order valence-electron chi connectivity index (χ1n) is 10.0. The van der Waals surface area contributed by atoms with Gasteiger partial charge in [0.2, 0.25) is 10.0 Å². The van der Waals surface area contributed by atoms with E-state index >= 15 is 0 Å². The molecular formula is C22H24BrCl2N3O2S. The quantitative estimate of drug-likeness (QED) is 0.339. The molecule has 0 bridgehead atoms. The molecule has 0 aliphatic rings. The third-order valence-electron chi connectivity index (χ3n) is 4.90. The van der Waals surface area contributed by atoms with Crippen LogP contribution in [-0.2, 0) is 23.0 Å². The number of hydrogen-bond acceptors (Lipinski definition) is 3. The predicted molar refractivity (Wildman–Crippen MR) is 132 cm³/mol. The summed E-state index contributed by atoms with van der Waals surface area (Å²) < 4.78 is 30.1. The van der Waals surface area contributed by atoms with E-state index in [0.29, 0.717) is 34.3 Å². The summed E-state index contributed by atoms with van der Waals surface area (Å²) in [6, 6.07) is 13.2. The minimum atomic E-state index is -3.37. The summed E-state index contributed by atoms with van der Waals surface area (Å²) in [6.45, 7) is 4.12. The summed E-state index contributed by atoms with van der Waals surface area (Å²) in [4.78, 5) is 0. The highest BCUT2D eigenvalue weighted by Gasteiger charge is 2.22. The van der Waals surface area contributed by atoms with Crippen LogP contribution in [0.15, 0.2) is 46.9 Å². The Labute approximate surface area is 201 Å². The van der Waals surface area contributed by atoms with Crippen LogP contribution in [0.25, 0.3) is 16.9 Å². The summed E-state index contributed by atoms with van der Waals surface area (Å²) in [7, 11) is -3.37. The summed E-state index contributed by atoms with van der Waals surface area (Å²) >= 11 is 16.1. The van der Waals surface area contributed by atoms with E-state index in [2.05, 4.69) is 20.7 Å². The summed E-state index contributed by atoms with van der Waals surface area (Å²) in [5.41, 5.74) is 4.15. The number of halogens is 3. The van der Waals surface area contributed by atoms with E-state index in [1.54, 1.807) is 16.8 Å². The Hall–Kier alpha value is -1.38. The lowest BCUT2D eigenvalue weighted by Crippen LogP contribution is -2.26. The maximum atomic E-state index is 12.3. The zero-order chi connectivity index (χ0) is 22.6. The van der Waals surface area contributed by atoms with Crippen molar-refractivity contribution in [2.45, 2.75) is 39.7 Å². The van der Waals surface area contributed by atoms with Crippen molar-refractivity contribution in [3.05, 3.63) is 68.2 Å². The largest absolute Gasteiger partial charge is 0.231 e. The molecule has 0 radical (unpaired) electrons. The molecule has 0 fully saturated rings. The lowest BCUT2D eigenvalue weighted by Gasteiger charge is -2.11. The Morgan fingerprint density at radius 3 is 2.42 bits per heavy atom. The third kappa shape index (κ3) is 5.90. The van der Waals surface area contributed by atoms with E-state index in [1.165, 1.54) is 0 Å². The van der Waals surface area contributed by atoms with Crippen molar-refractivity contribution in [2.24, 2.45) is 0 Å². The minimum Gasteiger partial charge on any atom is -0.231 e. The highest BCUT2D eigenvalue weighted by Crippen LogP contribution is 2.34. The van der Waals surface area contributed by atoms with Gasteiger partial charge >= 0.3 is 0 Å². The smallest absolute Gasteiger partial charge is 0.211 e. The number of nitrogens with zero attached hydrogens (tertiary/aromatic N) is 2. The van der Waals surface area contributed by atoms with Gasteiger partial charge in [0.05, 0.1) is 34.4 Å². The van der Waals surface area contributed by atoms with Gasteiger partial charge in [-0.05, 0) is 43.2 Å². The Morgan fingerprint density at radius 1 is 1.10 bits per heavy atom. The first-order valence-corrected chi connectivity index (χ1v) is 13.2. The van der Waals surface area contributed by atoms with Gasteiger partial charge in [0.1, 0.15) is 0 Å². The van der Waals surface area contributed by atoms with Gasteiger partial charge in [0.25, 0.3) is 0 Å². The van der Waals surface area contributed by atoms with Gasteiger partial charge in [-0.2, -0.15) is 5.10 Å². The molecule has 0 saturated carbocycles. The van der Waals surface area contributed by atoms with E-state index in [0.717, 1.165) is 27.7 Å². The Morgan fingerprint density at radius 2 is 1.81 bits per heavy atom. The second-order valence-corrected chi connectivity index (χ2v) is 10.8. The molecule has 3 rings (SSSR count). The van der Waals surface area contributed by atoms with E-state index in [9.17, 15) is 8.42 Å². The number of hydrogen-bond donors (Lipinski definition) is 1. The molecule has 0 atom stereocenters. The zero-order valence-corrected chi connectivity index (χ0v) is 21.2. The third-order valence-corrected chi connectivity index (χ3v) is 7.38. The van der Waals surface area contributed by atoms with Crippen LogP contribution >= 0.6 is 39.1 Å². The number of nitrogens with one attached hydrogen (secondary N) is 1. The zero-order valence-electron chi connectivity index (χ0n) is 17.3. The van der Waals surface area contributed by atoms with E-state index < -0.39 is 10.0 Å². The molecule has 0 aliphatic heterocycles. The van der Waals surface area contributed by atoms with Crippen LogP contribution in [0.3, 0.4) is 0 Å². The van der Waals surface area contributed by atoms with Crippen molar-refractivity contribution < 1.29 is 8.42 Å². The van der Waals surface area contributed by atoms with Crippen molar-refractivity contribution in [1.29, 1.82) is 0 Å². The fourth-order valence-corrected chi connectivity index (χ4v) is 5.25. The molecule has 0 amide bonds.